The zero-order valence-electron chi connectivity index (χ0n) is 15.2. The van der Waals surface area contributed by atoms with E-state index in [2.05, 4.69) is 15.1 Å². The number of pyridine rings is 1. The minimum atomic E-state index is -0.365. The highest BCUT2D eigenvalue weighted by Crippen LogP contribution is 2.25. The van der Waals surface area contributed by atoms with E-state index in [1.54, 1.807) is 6.20 Å². The zero-order valence-corrected chi connectivity index (χ0v) is 15.2. The molecule has 1 aliphatic rings. The van der Waals surface area contributed by atoms with Gasteiger partial charge in [-0.3, -0.25) is 14.8 Å². The van der Waals surface area contributed by atoms with Gasteiger partial charge in [-0.1, -0.05) is 6.07 Å². The molecule has 2 aromatic heterocycles. The number of aromatic amines is 1. The van der Waals surface area contributed by atoms with E-state index in [1.807, 2.05) is 23.1 Å². The second-order valence-corrected chi connectivity index (χ2v) is 6.86. The molecule has 8 heteroatoms. The first-order valence-electron chi connectivity index (χ1n) is 9.23. The molecule has 4 rings (SSSR count). The topological polar surface area (TPSA) is 83.9 Å². The van der Waals surface area contributed by atoms with E-state index < -0.39 is 0 Å². The third-order valence-electron chi connectivity index (χ3n) is 5.00. The monoisotopic (exact) mass is 381 g/mol. The number of halogens is 1. The second kappa shape index (κ2) is 7.75. The number of likely N-dealkylation sites (tertiary alicyclic amines) is 1. The number of hydrogen-bond acceptors (Lipinski definition) is 4. The molecule has 0 aliphatic carbocycles. The van der Waals surface area contributed by atoms with Gasteiger partial charge in [-0.25, -0.2) is 9.18 Å². The van der Waals surface area contributed by atoms with Crippen LogP contribution >= 0.6 is 0 Å². The van der Waals surface area contributed by atoms with Gasteiger partial charge in [0.2, 0.25) is 5.91 Å². The molecule has 0 unspecified atom stereocenters. The molecule has 0 spiro atoms. The molecule has 28 heavy (non-hydrogen) atoms. The lowest BCUT2D eigenvalue weighted by atomic mass is 9.96. The van der Waals surface area contributed by atoms with Crippen molar-refractivity contribution in [3.63, 3.8) is 0 Å². The molecular weight excluding hydrogens is 361 g/mol. The second-order valence-electron chi connectivity index (χ2n) is 6.86. The predicted molar refractivity (Wildman–Crippen MR) is 101 cm³/mol. The number of benzene rings is 1. The van der Waals surface area contributed by atoms with Crippen LogP contribution in [0.3, 0.4) is 0 Å². The molecule has 0 radical (unpaired) electrons. The minimum absolute atomic E-state index is 0.0579. The van der Waals surface area contributed by atoms with E-state index in [-0.39, 0.29) is 23.3 Å². The predicted octanol–water partition coefficient (Wildman–Crippen LogP) is 2.04. The molecule has 0 atom stereocenters. The Morgan fingerprint density at radius 3 is 2.57 bits per heavy atom. The van der Waals surface area contributed by atoms with Crippen LogP contribution in [0.2, 0.25) is 0 Å². The molecule has 3 heterocycles. The van der Waals surface area contributed by atoms with Gasteiger partial charge >= 0.3 is 5.69 Å². The highest BCUT2D eigenvalue weighted by Gasteiger charge is 2.26. The Bertz CT molecular complexity index is 1010. The van der Waals surface area contributed by atoms with Crippen LogP contribution in [0.15, 0.2) is 53.5 Å². The lowest BCUT2D eigenvalue weighted by Gasteiger charge is -2.31. The van der Waals surface area contributed by atoms with Gasteiger partial charge in [0.05, 0.1) is 12.1 Å². The Kier molecular flexibility index (Phi) is 5.01. The molecule has 1 saturated heterocycles. The van der Waals surface area contributed by atoms with Gasteiger partial charge in [-0.05, 0) is 49.2 Å². The van der Waals surface area contributed by atoms with Crippen LogP contribution in [0.1, 0.15) is 30.3 Å². The summed E-state index contributed by atoms with van der Waals surface area (Å²) in [6.07, 6.45) is 3.43. The molecular formula is C20H20FN5O2. The van der Waals surface area contributed by atoms with Crippen LogP contribution in [0.5, 0.6) is 0 Å². The van der Waals surface area contributed by atoms with Crippen molar-refractivity contribution >= 4 is 5.91 Å². The van der Waals surface area contributed by atoms with Crippen molar-refractivity contribution in [3.05, 3.63) is 76.5 Å². The fourth-order valence-corrected chi connectivity index (χ4v) is 3.45. The largest absolute Gasteiger partial charge is 0.348 e. The van der Waals surface area contributed by atoms with Crippen molar-refractivity contribution in [2.75, 3.05) is 13.1 Å². The van der Waals surface area contributed by atoms with Crippen LogP contribution in [-0.2, 0) is 11.2 Å². The van der Waals surface area contributed by atoms with Crippen LogP contribution < -0.4 is 5.69 Å². The third kappa shape index (κ3) is 3.85. The highest BCUT2D eigenvalue weighted by atomic mass is 19.1. The Balaban J connectivity index is 1.40. The van der Waals surface area contributed by atoms with E-state index in [9.17, 15) is 14.0 Å². The van der Waals surface area contributed by atoms with E-state index in [4.69, 9.17) is 0 Å². The number of nitrogens with zero attached hydrogens (tertiary/aromatic N) is 4. The number of amides is 1. The summed E-state index contributed by atoms with van der Waals surface area (Å²) in [5.41, 5.74) is 0.920. The Morgan fingerprint density at radius 1 is 1.14 bits per heavy atom. The summed E-state index contributed by atoms with van der Waals surface area (Å²) in [7, 11) is 0. The van der Waals surface area contributed by atoms with Crippen molar-refractivity contribution in [2.24, 2.45) is 0 Å². The lowest BCUT2D eigenvalue weighted by Crippen LogP contribution is -2.39. The van der Waals surface area contributed by atoms with Crippen molar-refractivity contribution in [1.82, 2.24) is 24.6 Å². The third-order valence-corrected chi connectivity index (χ3v) is 5.00. The van der Waals surface area contributed by atoms with Gasteiger partial charge in [0.25, 0.3) is 0 Å². The lowest BCUT2D eigenvalue weighted by molar-refractivity contribution is -0.131. The summed E-state index contributed by atoms with van der Waals surface area (Å²) >= 11 is 0. The summed E-state index contributed by atoms with van der Waals surface area (Å²) in [6.45, 7) is 1.23. The maximum Gasteiger partial charge on any atom is 0.348 e. The number of H-pyrrole nitrogens is 1. The molecule has 1 aromatic carbocycles. The van der Waals surface area contributed by atoms with Crippen molar-refractivity contribution in [2.45, 2.75) is 25.2 Å². The van der Waals surface area contributed by atoms with Gasteiger partial charge < -0.3 is 4.90 Å². The molecule has 144 valence electrons. The molecule has 1 N–H and O–H groups in total. The average molecular weight is 381 g/mol. The van der Waals surface area contributed by atoms with Crippen LogP contribution in [0.25, 0.3) is 5.69 Å². The summed E-state index contributed by atoms with van der Waals surface area (Å²) < 4.78 is 14.3. The van der Waals surface area contributed by atoms with Gasteiger partial charge in [-0.2, -0.15) is 4.68 Å². The van der Waals surface area contributed by atoms with E-state index in [1.165, 1.54) is 28.9 Å². The molecule has 0 bridgehead atoms. The molecule has 1 amide bonds. The van der Waals surface area contributed by atoms with Crippen LogP contribution in [0.4, 0.5) is 4.39 Å². The fourth-order valence-electron chi connectivity index (χ4n) is 3.45. The van der Waals surface area contributed by atoms with Crippen molar-refractivity contribution < 1.29 is 9.18 Å². The minimum Gasteiger partial charge on any atom is -0.342 e. The van der Waals surface area contributed by atoms with Crippen LogP contribution in [-0.4, -0.2) is 43.6 Å². The Morgan fingerprint density at radius 2 is 1.89 bits per heavy atom. The average Bonchev–Trinajstić information content (AvgIpc) is 3.11. The number of aromatic nitrogens is 4. The van der Waals surface area contributed by atoms with Gasteiger partial charge in [0.1, 0.15) is 11.6 Å². The van der Waals surface area contributed by atoms with Crippen LogP contribution in [0, 0.1) is 5.82 Å². The van der Waals surface area contributed by atoms with Crippen molar-refractivity contribution in [1.29, 1.82) is 0 Å². The number of carbonyl (C=O) groups excluding carboxylic acids is 1. The number of piperidine rings is 1. The summed E-state index contributed by atoms with van der Waals surface area (Å²) in [5.74, 6) is 0.372. The molecule has 1 aliphatic heterocycles. The van der Waals surface area contributed by atoms with Crippen molar-refractivity contribution in [3.8, 4) is 5.69 Å². The first-order valence-corrected chi connectivity index (χ1v) is 9.23. The fraction of sp³-hybridized carbons (Fsp3) is 0.300. The first-order chi connectivity index (χ1) is 13.6. The smallest absolute Gasteiger partial charge is 0.342 e. The van der Waals surface area contributed by atoms with Gasteiger partial charge in [-0.15, -0.1) is 5.10 Å². The molecule has 0 saturated carbocycles. The summed E-state index contributed by atoms with van der Waals surface area (Å²) in [4.78, 5) is 33.5. The Hall–Kier alpha value is -3.29. The van der Waals surface area contributed by atoms with E-state index in [0.29, 0.717) is 31.0 Å². The highest BCUT2D eigenvalue weighted by molar-refractivity contribution is 5.78. The number of nitrogens with one attached hydrogen (secondary N) is 1. The van der Waals surface area contributed by atoms with Gasteiger partial charge in [0, 0.05) is 30.9 Å². The number of rotatable bonds is 4. The molecule has 3 aromatic rings. The Labute approximate surface area is 160 Å². The molecule has 7 nitrogen and oxygen atoms in total. The quantitative estimate of drug-likeness (QED) is 0.750. The van der Waals surface area contributed by atoms with Gasteiger partial charge in [0.15, 0.2) is 0 Å². The maximum absolute atomic E-state index is 13.1. The standard InChI is InChI=1S/C20H20FN5O2/c21-15-4-6-17(7-5-15)26-20(28)23-19(24-26)14-8-11-25(12-9-14)18(27)13-16-3-1-2-10-22-16/h1-7,10,14H,8-9,11-13H2,(H,23,24,28). The summed E-state index contributed by atoms with van der Waals surface area (Å²) in [6, 6.07) is 11.2. The van der Waals surface area contributed by atoms with E-state index in [0.717, 1.165) is 18.5 Å². The zero-order chi connectivity index (χ0) is 19.5. The maximum atomic E-state index is 13.1. The summed E-state index contributed by atoms with van der Waals surface area (Å²) in [5, 5.41) is 4.38. The number of carbonyl (C=O) groups is 1. The normalized spacial score (nSPS) is 15.0. The SMILES string of the molecule is O=C(Cc1ccccn1)N1CCC(c2nn(-c3ccc(F)cc3)c(=O)[nH]2)CC1. The first kappa shape index (κ1) is 18.1. The van der Waals surface area contributed by atoms with E-state index >= 15 is 0 Å². The molecule has 1 fully saturated rings. The number of hydrogen-bond donors (Lipinski definition) is 1.